The van der Waals surface area contributed by atoms with E-state index in [2.05, 4.69) is 32.0 Å². The Balaban J connectivity index is 1.43. The Morgan fingerprint density at radius 3 is 2.76 bits per heavy atom. The van der Waals surface area contributed by atoms with Crippen LogP contribution >= 0.6 is 0 Å². The van der Waals surface area contributed by atoms with Crippen LogP contribution in [-0.4, -0.2) is 34.7 Å². The Bertz CT molecular complexity index is 1160. The lowest BCUT2D eigenvalue weighted by Crippen LogP contribution is -2.28. The predicted molar refractivity (Wildman–Crippen MR) is 124 cm³/mol. The zero-order chi connectivity index (χ0) is 23.3. The Labute approximate surface area is 193 Å². The number of benzene rings is 1. The minimum atomic E-state index is -4.01. The molecule has 4 rings (SSSR count). The Kier molecular flexibility index (Phi) is 7.34. The van der Waals surface area contributed by atoms with Gasteiger partial charge in [0.05, 0.1) is 16.3 Å². The molecular weight excluding hydrogens is 443 g/mol. The average Bonchev–Trinajstić information content (AvgIpc) is 3.35. The molecule has 0 spiro atoms. The van der Waals surface area contributed by atoms with Gasteiger partial charge in [-0.2, -0.15) is 5.10 Å². The van der Waals surface area contributed by atoms with Crippen LogP contribution in [0.25, 0.3) is 5.69 Å². The van der Waals surface area contributed by atoms with E-state index < -0.39 is 15.8 Å². The van der Waals surface area contributed by atoms with Gasteiger partial charge < -0.3 is 5.32 Å². The third-order valence-electron chi connectivity index (χ3n) is 6.24. The largest absolute Gasteiger partial charge is 0.311 e. The van der Waals surface area contributed by atoms with E-state index >= 15 is 0 Å². The molecule has 1 aromatic carbocycles. The lowest BCUT2D eigenvalue weighted by molar-refractivity contribution is 0.256. The highest BCUT2D eigenvalue weighted by molar-refractivity contribution is 7.92. The van der Waals surface area contributed by atoms with E-state index in [4.69, 9.17) is 0 Å². The zero-order valence-corrected chi connectivity index (χ0v) is 19.4. The van der Waals surface area contributed by atoms with Crippen molar-refractivity contribution in [3.63, 3.8) is 0 Å². The Morgan fingerprint density at radius 1 is 1.21 bits per heavy atom. The maximum atomic E-state index is 14.6. The fraction of sp³-hybridized carbons (Fsp3) is 0.435. The number of halogens is 1. The van der Waals surface area contributed by atoms with E-state index in [-0.39, 0.29) is 10.6 Å². The Morgan fingerprint density at radius 2 is 2.03 bits per heavy atom. The van der Waals surface area contributed by atoms with E-state index in [0.717, 1.165) is 18.5 Å². The van der Waals surface area contributed by atoms with Crippen molar-refractivity contribution in [3.05, 3.63) is 60.7 Å². The summed E-state index contributed by atoms with van der Waals surface area (Å²) in [5.74, 6) is 0.581. The lowest BCUT2D eigenvalue weighted by atomic mass is 9.81. The number of aromatic nitrogens is 4. The quantitative estimate of drug-likeness (QED) is 0.490. The summed E-state index contributed by atoms with van der Waals surface area (Å²) in [5, 5.41) is 7.30. The molecule has 33 heavy (non-hydrogen) atoms. The molecule has 2 N–H and O–H groups in total. The predicted octanol–water partition coefficient (Wildman–Crippen LogP) is 3.91. The normalized spacial score (nSPS) is 15.9. The second-order valence-corrected chi connectivity index (χ2v) is 10.2. The van der Waals surface area contributed by atoms with Gasteiger partial charge in [0.15, 0.2) is 0 Å². The van der Waals surface area contributed by atoms with Gasteiger partial charge in [-0.05, 0) is 48.7 Å². The number of sulfonamides is 1. The molecule has 2 aromatic heterocycles. The summed E-state index contributed by atoms with van der Waals surface area (Å²) in [6.07, 6.45) is 10.8. The molecule has 3 aromatic rings. The first kappa shape index (κ1) is 23.3. The molecule has 0 aliphatic heterocycles. The standard InChI is InChI=1S/C23H29FN6O2S/c1-17(18-6-3-2-4-7-18)13-25-14-22-21(8-5-11-27-22)29-33(31,32)19-9-10-23(20(24)12-19)30-16-26-15-28-30/h5,8-12,15-18,25,29H,2-4,6-7,13-14H2,1H3. The van der Waals surface area contributed by atoms with Crippen molar-refractivity contribution in [2.45, 2.75) is 50.5 Å². The van der Waals surface area contributed by atoms with Gasteiger partial charge in [-0.25, -0.2) is 22.5 Å². The number of hydrogen-bond acceptors (Lipinski definition) is 6. The van der Waals surface area contributed by atoms with Crippen LogP contribution in [0, 0.1) is 17.7 Å². The van der Waals surface area contributed by atoms with Crippen LogP contribution in [0.15, 0.2) is 54.1 Å². The van der Waals surface area contributed by atoms with Gasteiger partial charge in [0, 0.05) is 12.7 Å². The first-order valence-corrected chi connectivity index (χ1v) is 12.7. The molecule has 0 radical (unpaired) electrons. The minimum absolute atomic E-state index is 0.116. The monoisotopic (exact) mass is 472 g/mol. The molecule has 2 heterocycles. The summed E-state index contributed by atoms with van der Waals surface area (Å²) < 4.78 is 44.2. The summed E-state index contributed by atoms with van der Waals surface area (Å²) in [4.78, 5) is 7.95. The topological polar surface area (TPSA) is 102 Å². The van der Waals surface area contributed by atoms with Gasteiger partial charge in [0.1, 0.15) is 24.2 Å². The van der Waals surface area contributed by atoms with E-state index in [1.165, 1.54) is 61.6 Å². The van der Waals surface area contributed by atoms with Crippen molar-refractivity contribution in [2.24, 2.45) is 11.8 Å². The molecular formula is C23H29FN6O2S. The van der Waals surface area contributed by atoms with E-state index in [9.17, 15) is 12.8 Å². The van der Waals surface area contributed by atoms with E-state index in [1.807, 2.05) is 0 Å². The highest BCUT2D eigenvalue weighted by Crippen LogP contribution is 2.29. The zero-order valence-electron chi connectivity index (χ0n) is 18.6. The van der Waals surface area contributed by atoms with Crippen molar-refractivity contribution in [3.8, 4) is 5.69 Å². The molecule has 1 saturated carbocycles. The van der Waals surface area contributed by atoms with Crippen molar-refractivity contribution in [1.29, 1.82) is 0 Å². The van der Waals surface area contributed by atoms with Crippen LogP contribution < -0.4 is 10.0 Å². The van der Waals surface area contributed by atoms with Gasteiger partial charge in [-0.15, -0.1) is 0 Å². The minimum Gasteiger partial charge on any atom is -0.311 e. The summed E-state index contributed by atoms with van der Waals surface area (Å²) in [5.41, 5.74) is 1.08. The number of nitrogens with zero attached hydrogens (tertiary/aromatic N) is 4. The first-order chi connectivity index (χ1) is 15.9. The third-order valence-corrected chi connectivity index (χ3v) is 7.61. The van der Waals surface area contributed by atoms with Crippen LogP contribution in [0.5, 0.6) is 0 Å². The maximum absolute atomic E-state index is 14.6. The van der Waals surface area contributed by atoms with Gasteiger partial charge >= 0.3 is 0 Å². The van der Waals surface area contributed by atoms with Crippen LogP contribution in [0.3, 0.4) is 0 Å². The maximum Gasteiger partial charge on any atom is 0.262 e. The fourth-order valence-electron chi connectivity index (χ4n) is 4.34. The third kappa shape index (κ3) is 5.75. The van der Waals surface area contributed by atoms with E-state index in [1.54, 1.807) is 18.3 Å². The second kappa shape index (κ2) is 10.4. The van der Waals surface area contributed by atoms with Crippen LogP contribution in [0.4, 0.5) is 10.1 Å². The number of rotatable bonds is 9. The van der Waals surface area contributed by atoms with Gasteiger partial charge in [0.2, 0.25) is 0 Å². The number of hydrogen-bond donors (Lipinski definition) is 2. The van der Waals surface area contributed by atoms with E-state index in [0.29, 0.717) is 23.8 Å². The highest BCUT2D eigenvalue weighted by Gasteiger charge is 2.21. The van der Waals surface area contributed by atoms with Crippen molar-refractivity contribution in [2.75, 3.05) is 11.3 Å². The van der Waals surface area contributed by atoms with Crippen LogP contribution in [-0.2, 0) is 16.6 Å². The second-order valence-electron chi connectivity index (χ2n) is 8.56. The molecule has 0 saturated heterocycles. The summed E-state index contributed by atoms with van der Waals surface area (Å²) in [7, 11) is -4.01. The molecule has 0 amide bonds. The van der Waals surface area contributed by atoms with Gasteiger partial charge in [0.25, 0.3) is 10.0 Å². The highest BCUT2D eigenvalue weighted by atomic mass is 32.2. The summed E-state index contributed by atoms with van der Waals surface area (Å²) in [6, 6.07) is 6.99. The lowest BCUT2D eigenvalue weighted by Gasteiger charge is -2.27. The molecule has 1 fully saturated rings. The molecule has 1 aliphatic carbocycles. The molecule has 176 valence electrons. The first-order valence-electron chi connectivity index (χ1n) is 11.3. The van der Waals surface area contributed by atoms with Gasteiger partial charge in [-0.3, -0.25) is 9.71 Å². The van der Waals surface area contributed by atoms with Crippen LogP contribution in [0.2, 0.25) is 0 Å². The average molecular weight is 473 g/mol. The fourth-order valence-corrected chi connectivity index (χ4v) is 5.44. The molecule has 10 heteroatoms. The van der Waals surface area contributed by atoms with Crippen molar-refractivity contribution < 1.29 is 12.8 Å². The summed E-state index contributed by atoms with van der Waals surface area (Å²) >= 11 is 0. The van der Waals surface area contributed by atoms with Crippen molar-refractivity contribution in [1.82, 2.24) is 25.1 Å². The SMILES string of the molecule is CC(CNCc1ncccc1NS(=O)(=O)c1ccc(-n2cncn2)c(F)c1)C1CCCCC1. The Hall–Kier alpha value is -2.85. The molecule has 8 nitrogen and oxygen atoms in total. The molecule has 0 bridgehead atoms. The van der Waals surface area contributed by atoms with Gasteiger partial charge in [-0.1, -0.05) is 39.0 Å². The smallest absolute Gasteiger partial charge is 0.262 e. The number of pyridine rings is 1. The summed E-state index contributed by atoms with van der Waals surface area (Å²) in [6.45, 7) is 3.56. The number of anilines is 1. The molecule has 1 atom stereocenters. The molecule has 1 aliphatic rings. The molecule has 1 unspecified atom stereocenters. The van der Waals surface area contributed by atoms with Crippen LogP contribution in [0.1, 0.15) is 44.7 Å². The number of nitrogens with one attached hydrogen (secondary N) is 2. The van der Waals surface area contributed by atoms with Crippen molar-refractivity contribution >= 4 is 15.7 Å².